The first-order chi connectivity index (χ1) is 9.06. The van der Waals surface area contributed by atoms with Crippen molar-refractivity contribution in [2.45, 2.75) is 36.8 Å². The van der Waals surface area contributed by atoms with Crippen LogP contribution in [-0.4, -0.2) is 39.2 Å². The van der Waals surface area contributed by atoms with Crippen molar-refractivity contribution >= 4 is 15.8 Å². The van der Waals surface area contributed by atoms with Crippen LogP contribution >= 0.6 is 0 Å². The Morgan fingerprint density at radius 1 is 1.47 bits per heavy atom. The van der Waals surface area contributed by atoms with Crippen LogP contribution in [0.3, 0.4) is 0 Å². The van der Waals surface area contributed by atoms with E-state index >= 15 is 0 Å². The molecule has 1 aliphatic rings. The monoisotopic (exact) mass is 285 g/mol. The molecule has 1 heterocycles. The number of anilines is 1. The Balaban J connectivity index is 2.11. The first-order valence-corrected chi connectivity index (χ1v) is 7.79. The van der Waals surface area contributed by atoms with Gasteiger partial charge in [-0.05, 0) is 31.9 Å². The van der Waals surface area contributed by atoms with Crippen LogP contribution in [0.1, 0.15) is 19.8 Å². The van der Waals surface area contributed by atoms with Crippen molar-refractivity contribution in [1.29, 1.82) is 0 Å². The summed E-state index contributed by atoms with van der Waals surface area (Å²) in [6.07, 6.45) is 3.16. The second-order valence-electron chi connectivity index (χ2n) is 4.53. The molecule has 1 aliphatic carbocycles. The van der Waals surface area contributed by atoms with Crippen LogP contribution in [-0.2, 0) is 14.8 Å². The lowest BCUT2D eigenvalue weighted by Crippen LogP contribution is -2.47. The zero-order valence-corrected chi connectivity index (χ0v) is 11.9. The Morgan fingerprint density at radius 2 is 2.21 bits per heavy atom. The van der Waals surface area contributed by atoms with Crippen LogP contribution < -0.4 is 10.0 Å². The summed E-state index contributed by atoms with van der Waals surface area (Å²) in [6, 6.07) is 3.12. The molecule has 0 atom stereocenters. The molecule has 0 unspecified atom stereocenters. The molecule has 0 aromatic carbocycles. The number of nitrogens with one attached hydrogen (secondary N) is 2. The topological polar surface area (TPSA) is 80.3 Å². The average Bonchev–Trinajstić information content (AvgIpc) is 2.34. The number of sulfonamides is 1. The van der Waals surface area contributed by atoms with Gasteiger partial charge in [-0.15, -0.1) is 0 Å². The van der Waals surface area contributed by atoms with Crippen LogP contribution in [0.4, 0.5) is 5.82 Å². The Morgan fingerprint density at radius 3 is 2.84 bits per heavy atom. The minimum absolute atomic E-state index is 0.0513. The maximum atomic E-state index is 12.3. The minimum Gasteiger partial charge on any atom is -0.381 e. The number of nitrogens with zero attached hydrogens (tertiary/aromatic N) is 1. The predicted molar refractivity (Wildman–Crippen MR) is 72.5 cm³/mol. The normalized spacial score (nSPS) is 22.8. The zero-order chi connectivity index (χ0) is 13.9. The molecule has 0 bridgehead atoms. The third kappa shape index (κ3) is 3.23. The summed E-state index contributed by atoms with van der Waals surface area (Å²) in [7, 11) is -1.90. The molecule has 1 aromatic heterocycles. The third-order valence-electron chi connectivity index (χ3n) is 3.15. The van der Waals surface area contributed by atoms with E-state index in [9.17, 15) is 8.42 Å². The molecule has 0 aliphatic heterocycles. The van der Waals surface area contributed by atoms with E-state index in [0.29, 0.717) is 25.2 Å². The zero-order valence-electron chi connectivity index (χ0n) is 11.1. The van der Waals surface area contributed by atoms with Gasteiger partial charge in [0.1, 0.15) is 10.7 Å². The molecule has 2 rings (SSSR count). The highest BCUT2D eigenvalue weighted by atomic mass is 32.2. The number of rotatable bonds is 6. The fourth-order valence-corrected chi connectivity index (χ4v) is 3.44. The van der Waals surface area contributed by atoms with Gasteiger partial charge in [-0.2, -0.15) is 0 Å². The van der Waals surface area contributed by atoms with Gasteiger partial charge in [0.05, 0.1) is 6.10 Å². The molecular weight excluding hydrogens is 266 g/mol. The van der Waals surface area contributed by atoms with Gasteiger partial charge in [0.2, 0.25) is 10.0 Å². The van der Waals surface area contributed by atoms with Crippen LogP contribution in [0.25, 0.3) is 0 Å². The van der Waals surface area contributed by atoms with Crippen molar-refractivity contribution < 1.29 is 13.2 Å². The molecule has 19 heavy (non-hydrogen) atoms. The lowest BCUT2D eigenvalue weighted by atomic mass is 9.90. The Labute approximate surface area is 113 Å². The third-order valence-corrected chi connectivity index (χ3v) is 4.71. The van der Waals surface area contributed by atoms with Crippen molar-refractivity contribution in [1.82, 2.24) is 9.71 Å². The Hall–Kier alpha value is -1.18. The summed E-state index contributed by atoms with van der Waals surface area (Å²) >= 11 is 0. The summed E-state index contributed by atoms with van der Waals surface area (Å²) in [5.41, 5.74) is 0. The minimum atomic E-state index is -3.54. The van der Waals surface area contributed by atoms with E-state index in [2.05, 4.69) is 15.0 Å². The van der Waals surface area contributed by atoms with Crippen molar-refractivity contribution in [3.05, 3.63) is 18.3 Å². The molecule has 2 N–H and O–H groups in total. The average molecular weight is 285 g/mol. The SMILES string of the molecule is CCNc1ncccc1S(=O)(=O)NC1CC(OC)C1. The lowest BCUT2D eigenvalue weighted by molar-refractivity contribution is 0.0236. The van der Waals surface area contributed by atoms with Gasteiger partial charge in [-0.3, -0.25) is 0 Å². The second-order valence-corrected chi connectivity index (χ2v) is 6.21. The standard InChI is InChI=1S/C12H19N3O3S/c1-3-13-12-11(5-4-6-14-12)19(16,17)15-9-7-10(8-9)18-2/h4-6,9-10,15H,3,7-8H2,1-2H3,(H,13,14). The fraction of sp³-hybridized carbons (Fsp3) is 0.583. The molecule has 7 heteroatoms. The summed E-state index contributed by atoms with van der Waals surface area (Å²) in [5.74, 6) is 0.389. The van der Waals surface area contributed by atoms with Gasteiger partial charge in [-0.1, -0.05) is 0 Å². The molecule has 0 radical (unpaired) electrons. The molecule has 6 nitrogen and oxygen atoms in total. The quantitative estimate of drug-likeness (QED) is 0.814. The van der Waals surface area contributed by atoms with E-state index in [-0.39, 0.29) is 17.0 Å². The van der Waals surface area contributed by atoms with Crippen LogP contribution in [0.15, 0.2) is 23.2 Å². The summed E-state index contributed by atoms with van der Waals surface area (Å²) in [5, 5.41) is 2.96. The lowest BCUT2D eigenvalue weighted by Gasteiger charge is -2.34. The Bertz CT molecular complexity index is 527. The number of pyridine rings is 1. The van der Waals surface area contributed by atoms with E-state index in [1.807, 2.05) is 6.92 Å². The molecule has 1 saturated carbocycles. The summed E-state index contributed by atoms with van der Waals surface area (Å²) in [6.45, 7) is 2.52. The summed E-state index contributed by atoms with van der Waals surface area (Å²) in [4.78, 5) is 4.25. The molecule has 1 fully saturated rings. The van der Waals surface area contributed by atoms with Gasteiger partial charge < -0.3 is 10.1 Å². The first-order valence-electron chi connectivity index (χ1n) is 6.31. The molecule has 1 aromatic rings. The van der Waals surface area contributed by atoms with E-state index in [4.69, 9.17) is 4.74 Å². The van der Waals surface area contributed by atoms with Gasteiger partial charge in [0.25, 0.3) is 0 Å². The van der Waals surface area contributed by atoms with Gasteiger partial charge >= 0.3 is 0 Å². The molecule has 106 valence electrons. The number of hydrogen-bond acceptors (Lipinski definition) is 5. The number of ether oxygens (including phenoxy) is 1. The van der Waals surface area contributed by atoms with E-state index in [1.54, 1.807) is 25.4 Å². The van der Waals surface area contributed by atoms with E-state index in [0.717, 1.165) is 0 Å². The van der Waals surface area contributed by atoms with Gasteiger partial charge in [0.15, 0.2) is 0 Å². The van der Waals surface area contributed by atoms with Gasteiger partial charge in [0, 0.05) is 25.9 Å². The Kier molecular flexibility index (Phi) is 4.38. The predicted octanol–water partition coefficient (Wildman–Crippen LogP) is 0.969. The fourth-order valence-electron chi connectivity index (χ4n) is 2.04. The van der Waals surface area contributed by atoms with E-state index in [1.165, 1.54) is 0 Å². The highest BCUT2D eigenvalue weighted by Crippen LogP contribution is 2.26. The molecule has 0 spiro atoms. The van der Waals surface area contributed by atoms with Crippen LogP contribution in [0.2, 0.25) is 0 Å². The summed E-state index contributed by atoms with van der Waals surface area (Å²) < 4.78 is 32.4. The van der Waals surface area contributed by atoms with Crippen LogP contribution in [0, 0.1) is 0 Å². The molecule has 0 saturated heterocycles. The second kappa shape index (κ2) is 5.85. The van der Waals surface area contributed by atoms with Crippen molar-refractivity contribution in [2.24, 2.45) is 0 Å². The van der Waals surface area contributed by atoms with Gasteiger partial charge in [-0.25, -0.2) is 18.1 Å². The number of hydrogen-bond donors (Lipinski definition) is 2. The highest BCUT2D eigenvalue weighted by molar-refractivity contribution is 7.89. The van der Waals surface area contributed by atoms with Crippen molar-refractivity contribution in [3.8, 4) is 0 Å². The number of aromatic nitrogens is 1. The maximum absolute atomic E-state index is 12.3. The van der Waals surface area contributed by atoms with E-state index < -0.39 is 10.0 Å². The van der Waals surface area contributed by atoms with Crippen molar-refractivity contribution in [3.63, 3.8) is 0 Å². The largest absolute Gasteiger partial charge is 0.381 e. The molecule has 0 amide bonds. The van der Waals surface area contributed by atoms with Crippen molar-refractivity contribution in [2.75, 3.05) is 19.0 Å². The number of methoxy groups -OCH3 is 1. The van der Waals surface area contributed by atoms with Crippen LogP contribution in [0.5, 0.6) is 0 Å². The molecular formula is C12H19N3O3S. The first kappa shape index (κ1) is 14.2. The maximum Gasteiger partial charge on any atom is 0.244 e. The highest BCUT2D eigenvalue weighted by Gasteiger charge is 2.33. The smallest absolute Gasteiger partial charge is 0.244 e.